The van der Waals surface area contributed by atoms with Crippen LogP contribution in [0.25, 0.3) is 11.1 Å². The maximum Gasteiger partial charge on any atom is 0.392 e. The molecule has 0 N–H and O–H groups in total. The highest BCUT2D eigenvalue weighted by Crippen LogP contribution is 2.60. The molecule has 352 valence electrons. The van der Waals surface area contributed by atoms with E-state index in [1.165, 1.54) is 23.0 Å². The first kappa shape index (κ1) is 48.1. The Hall–Kier alpha value is -7.87. The van der Waals surface area contributed by atoms with E-state index in [-0.39, 0.29) is 12.1 Å². The number of pyridine rings is 1. The molecule has 4 aromatic carbocycles. The molecule has 0 bridgehead atoms. The summed E-state index contributed by atoms with van der Waals surface area (Å²) in [6, 6.07) is 20.1. The van der Waals surface area contributed by atoms with Gasteiger partial charge >= 0.3 is 12.2 Å². The van der Waals surface area contributed by atoms with Crippen molar-refractivity contribution in [3.63, 3.8) is 0 Å². The van der Waals surface area contributed by atoms with Crippen LogP contribution in [0.2, 0.25) is 0 Å². The summed E-state index contributed by atoms with van der Waals surface area (Å²) < 4.78 is 144. The molecule has 2 saturated heterocycles. The lowest BCUT2D eigenvalue weighted by Crippen LogP contribution is -2.25. The molecule has 0 amide bonds. The normalized spacial score (nSPS) is 18.2. The van der Waals surface area contributed by atoms with E-state index in [4.69, 9.17) is 0 Å². The molecule has 8 aromatic rings. The molecule has 2 fully saturated rings. The van der Waals surface area contributed by atoms with Crippen LogP contribution in [-0.4, -0.2) is 83.6 Å². The van der Waals surface area contributed by atoms with E-state index in [2.05, 4.69) is 98.3 Å². The average Bonchev–Trinajstić information content (AvgIpc) is 3.75. The van der Waals surface area contributed by atoms with E-state index >= 15 is 0 Å². The molecule has 4 aromatic heterocycles. The topological polar surface area (TPSA) is 186 Å². The summed E-state index contributed by atoms with van der Waals surface area (Å²) in [6.07, 6.45) is -1.77. The van der Waals surface area contributed by atoms with Gasteiger partial charge in [0.25, 0.3) is 0 Å². The molecule has 10 rings (SSSR count). The van der Waals surface area contributed by atoms with Crippen molar-refractivity contribution in [2.24, 2.45) is 0 Å². The Bertz CT molecular complexity index is 2820. The lowest BCUT2D eigenvalue weighted by molar-refractivity contribution is -0.000454. The summed E-state index contributed by atoms with van der Waals surface area (Å²) in [4.78, 5) is 15.8. The Morgan fingerprint density at radius 3 is 1.35 bits per heavy atom. The Morgan fingerprint density at radius 2 is 0.971 bits per heavy atom. The number of aryl methyl sites for hydroxylation is 2. The molecule has 68 heavy (non-hydrogen) atoms. The number of tetrazole rings is 3. The number of hydrogen-bond donors (Lipinski definition) is 0. The Labute approximate surface area is 376 Å². The van der Waals surface area contributed by atoms with Crippen LogP contribution in [0.5, 0.6) is 0 Å². The standard InChI is InChI=1S/C13H13N.2C10H6F4N4O.C9H6F2N4O/c1-10-3-6-12(7-4-10)13-8-5-11(2)14-9-13;2*11-6-1-2-7(8(12)3-6)9(10(13,14)19-9)4-18-5-15-16-17-18;10-6-1-2-7(8(11)3-6)9(16)4-15-5-12-13-14-15/h3-9H,1-2H3;2*1-3,5H,4H2;1-3,5H,4H2/t;2*9-;/m.10./s1. The number of rotatable bonds is 10. The summed E-state index contributed by atoms with van der Waals surface area (Å²) >= 11 is 0. The largest absolute Gasteiger partial charge is 0.392 e. The smallest absolute Gasteiger partial charge is 0.295 e. The molecule has 0 saturated carbocycles. The number of hydrogen-bond acceptors (Lipinski definition) is 13. The summed E-state index contributed by atoms with van der Waals surface area (Å²) in [7, 11) is 0. The summed E-state index contributed by atoms with van der Waals surface area (Å²) in [5, 5.41) is 30.1. The minimum absolute atomic E-state index is 0.183. The number of carbonyl (C=O) groups is 1. The van der Waals surface area contributed by atoms with Crippen LogP contribution in [0.15, 0.2) is 116 Å². The van der Waals surface area contributed by atoms with Crippen LogP contribution in [0.3, 0.4) is 0 Å². The van der Waals surface area contributed by atoms with Crippen molar-refractivity contribution < 1.29 is 58.2 Å². The Kier molecular flexibility index (Phi) is 13.8. The van der Waals surface area contributed by atoms with Crippen molar-refractivity contribution in [3.8, 4) is 11.1 Å². The minimum atomic E-state index is -3.56. The highest BCUT2D eigenvalue weighted by atomic mass is 19.3. The van der Waals surface area contributed by atoms with E-state index in [0.29, 0.717) is 18.2 Å². The summed E-state index contributed by atoms with van der Waals surface area (Å²) in [5.41, 5.74) is -0.727. The molecule has 26 heteroatoms. The van der Waals surface area contributed by atoms with Crippen LogP contribution in [0.4, 0.5) is 43.9 Å². The summed E-state index contributed by atoms with van der Waals surface area (Å²) in [6.45, 7) is 2.96. The van der Waals surface area contributed by atoms with Crippen LogP contribution >= 0.6 is 0 Å². The third kappa shape index (κ3) is 10.9. The third-order valence-electron chi connectivity index (χ3n) is 9.97. The van der Waals surface area contributed by atoms with E-state index < -0.39 is 88.3 Å². The first-order valence-corrected chi connectivity index (χ1v) is 19.5. The number of carbonyl (C=O) groups excluding carboxylic acids is 1. The minimum Gasteiger partial charge on any atom is -0.295 e. The molecule has 6 heterocycles. The Balaban J connectivity index is 0.000000135. The predicted molar refractivity (Wildman–Crippen MR) is 211 cm³/mol. The first-order chi connectivity index (χ1) is 32.3. The second kappa shape index (κ2) is 19.5. The second-order valence-corrected chi connectivity index (χ2v) is 14.8. The van der Waals surface area contributed by atoms with Gasteiger partial charge < -0.3 is 0 Å². The van der Waals surface area contributed by atoms with Crippen molar-refractivity contribution in [2.75, 3.05) is 0 Å². The molecule has 0 spiro atoms. The Morgan fingerprint density at radius 1 is 0.544 bits per heavy atom. The van der Waals surface area contributed by atoms with Crippen LogP contribution in [0, 0.1) is 48.8 Å². The zero-order valence-corrected chi connectivity index (χ0v) is 34.9. The van der Waals surface area contributed by atoms with Crippen molar-refractivity contribution in [3.05, 3.63) is 179 Å². The van der Waals surface area contributed by atoms with Crippen LogP contribution in [-0.2, 0) is 40.3 Å². The molecule has 2 atom stereocenters. The van der Waals surface area contributed by atoms with Gasteiger partial charge in [0.2, 0.25) is 11.2 Å². The predicted octanol–water partition coefficient (Wildman–Crippen LogP) is 7.14. The molecule has 0 aliphatic carbocycles. The number of Topliss-reactive ketones (excluding diaryl/α,β-unsaturated/α-hetero) is 1. The lowest BCUT2D eigenvalue weighted by Gasteiger charge is -2.12. The number of halogens is 10. The number of nitrogens with zero attached hydrogens (tertiary/aromatic N) is 13. The van der Waals surface area contributed by atoms with E-state index in [9.17, 15) is 48.7 Å². The first-order valence-electron chi connectivity index (χ1n) is 19.5. The van der Waals surface area contributed by atoms with Gasteiger partial charge in [-0.25, -0.2) is 40.4 Å². The molecule has 0 radical (unpaired) electrons. The zero-order chi connectivity index (χ0) is 48.9. The molecular weight excluding hydrogens is 925 g/mol. The van der Waals surface area contributed by atoms with Gasteiger partial charge in [-0.15, -0.1) is 15.3 Å². The fourth-order valence-electron chi connectivity index (χ4n) is 6.41. The lowest BCUT2D eigenvalue weighted by atomic mass is 9.98. The van der Waals surface area contributed by atoms with Crippen molar-refractivity contribution in [1.82, 2.24) is 65.6 Å². The van der Waals surface area contributed by atoms with Gasteiger partial charge in [-0.05, 0) is 93.2 Å². The zero-order valence-electron chi connectivity index (χ0n) is 34.9. The van der Waals surface area contributed by atoms with Gasteiger partial charge in [-0.1, -0.05) is 35.9 Å². The van der Waals surface area contributed by atoms with Gasteiger partial charge in [0.1, 0.15) is 60.4 Å². The average molecular weight is 956 g/mol. The number of epoxide rings is 2. The number of ketones is 1. The van der Waals surface area contributed by atoms with Gasteiger partial charge in [-0.3, -0.25) is 19.3 Å². The van der Waals surface area contributed by atoms with E-state index in [0.717, 1.165) is 68.8 Å². The number of alkyl halides is 4. The van der Waals surface area contributed by atoms with Gasteiger partial charge in [0, 0.05) is 46.8 Å². The molecular formula is C42H31F10N13O3. The molecule has 2 aliphatic heterocycles. The summed E-state index contributed by atoms with van der Waals surface area (Å²) in [5.74, 6) is -6.07. The SMILES string of the molecule is Cc1ccc(-c2ccc(C)nc2)cc1.Fc1ccc([C@@]2(Cn3cnnn3)OC2(F)F)c(F)c1.Fc1ccc([C@]2(Cn3cnnn3)OC2(F)F)c(F)c1.O=C(Cn1cnnn1)c1ccc(F)cc1F. The van der Waals surface area contributed by atoms with Crippen molar-refractivity contribution in [1.29, 1.82) is 0 Å². The third-order valence-corrected chi connectivity index (χ3v) is 9.97. The maximum absolute atomic E-state index is 13.6. The van der Waals surface area contributed by atoms with E-state index in [1.807, 2.05) is 19.2 Å². The fourth-order valence-corrected chi connectivity index (χ4v) is 6.41. The highest BCUT2D eigenvalue weighted by Gasteiger charge is 2.77. The molecule has 2 aliphatic rings. The van der Waals surface area contributed by atoms with E-state index in [1.54, 1.807) is 0 Å². The van der Waals surface area contributed by atoms with Crippen molar-refractivity contribution in [2.45, 2.75) is 56.9 Å². The van der Waals surface area contributed by atoms with Gasteiger partial charge in [0.15, 0.2) is 5.78 Å². The van der Waals surface area contributed by atoms with Crippen LogP contribution in [0.1, 0.15) is 32.7 Å². The fraction of sp³-hybridized carbons (Fsp3) is 0.214. The van der Waals surface area contributed by atoms with Gasteiger partial charge in [-0.2, -0.15) is 17.6 Å². The number of aromatic nitrogens is 13. The van der Waals surface area contributed by atoms with Gasteiger partial charge in [0.05, 0.1) is 18.7 Å². The number of ether oxygens (including phenoxy) is 2. The van der Waals surface area contributed by atoms with Crippen LogP contribution < -0.4 is 0 Å². The molecule has 16 nitrogen and oxygen atoms in total. The highest BCUT2D eigenvalue weighted by molar-refractivity contribution is 5.96. The monoisotopic (exact) mass is 955 g/mol. The quantitative estimate of drug-likeness (QED) is 0.0766. The van der Waals surface area contributed by atoms with Crippen molar-refractivity contribution >= 4 is 5.78 Å². The molecule has 0 unspecified atom stereocenters. The second-order valence-electron chi connectivity index (χ2n) is 14.8. The maximum atomic E-state index is 13.6. The number of benzene rings is 4.